The molecule has 310 valence electrons. The third kappa shape index (κ3) is 7.41. The molecule has 0 aliphatic carbocycles. The number of carbonyl (C=O) groups is 2. The van der Waals surface area contributed by atoms with Crippen LogP contribution in [0.15, 0.2) is 212 Å². The third-order valence-electron chi connectivity index (χ3n) is 12.0. The van der Waals surface area contributed by atoms with Gasteiger partial charge in [-0.25, -0.2) is 10.0 Å². The largest absolute Gasteiger partial charge is 0.354 e. The van der Waals surface area contributed by atoms with Gasteiger partial charge < -0.3 is 9.47 Å². The third-order valence-corrected chi connectivity index (χ3v) is 12.0. The van der Waals surface area contributed by atoms with Gasteiger partial charge in [0, 0.05) is 6.61 Å². The molecule has 2 heterocycles. The maximum Gasteiger partial charge on any atom is 0.265 e. The Kier molecular flexibility index (Phi) is 11.9. The van der Waals surface area contributed by atoms with Crippen molar-refractivity contribution in [3.8, 4) is 0 Å². The van der Waals surface area contributed by atoms with Crippen LogP contribution in [0.2, 0.25) is 0 Å². The van der Waals surface area contributed by atoms with E-state index in [1.807, 2.05) is 146 Å². The van der Waals surface area contributed by atoms with Gasteiger partial charge in [-0.2, -0.15) is 0 Å². The lowest BCUT2D eigenvalue weighted by molar-refractivity contribution is -0.289. The van der Waals surface area contributed by atoms with Crippen LogP contribution < -0.4 is 10.6 Å². The zero-order chi connectivity index (χ0) is 42.4. The van der Waals surface area contributed by atoms with Gasteiger partial charge in [-0.15, -0.1) is 0 Å². The maximum absolute atomic E-state index is 15.1. The van der Waals surface area contributed by atoms with E-state index in [4.69, 9.17) is 9.47 Å². The molecule has 0 radical (unpaired) electrons. The lowest BCUT2D eigenvalue weighted by atomic mass is 9.75. The lowest BCUT2D eigenvalue weighted by Crippen LogP contribution is -2.85. The van der Waals surface area contributed by atoms with Crippen molar-refractivity contribution in [2.45, 2.75) is 55.6 Å². The fourth-order valence-corrected chi connectivity index (χ4v) is 9.05. The van der Waals surface area contributed by atoms with Crippen LogP contribution in [0, 0.1) is 0 Å². The highest BCUT2D eigenvalue weighted by atomic mass is 16.5. The second kappa shape index (κ2) is 18.1. The number of amides is 2. The summed E-state index contributed by atoms with van der Waals surface area (Å²) >= 11 is 0. The van der Waals surface area contributed by atoms with Crippen LogP contribution in [0.5, 0.6) is 0 Å². The van der Waals surface area contributed by atoms with Crippen LogP contribution in [0.1, 0.15) is 52.3 Å². The summed E-state index contributed by atoms with van der Waals surface area (Å²) in [6.07, 6.45) is -0.988. The average molecular weight is 819 g/mol. The van der Waals surface area contributed by atoms with Crippen molar-refractivity contribution < 1.29 is 19.1 Å². The first kappa shape index (κ1) is 40.7. The Morgan fingerprint density at radius 3 is 0.984 bits per heavy atom. The van der Waals surface area contributed by atoms with Crippen LogP contribution in [-0.2, 0) is 36.7 Å². The van der Waals surface area contributed by atoms with Crippen molar-refractivity contribution >= 4 is 11.8 Å². The Morgan fingerprint density at radius 2 is 0.694 bits per heavy atom. The SMILES string of the molecule is CCCO[C@H]1[C@H](NC(c2ccccc2)(c2ccccc2)c2ccccc2)C(=O)N1N1C(=O)[C@@H](NC(c2ccccc2)(c2ccccc2)c2ccccc2)[C@H]1OCc1ccccc1. The summed E-state index contributed by atoms with van der Waals surface area (Å²) < 4.78 is 13.4. The van der Waals surface area contributed by atoms with Crippen LogP contribution in [0.25, 0.3) is 0 Å². The van der Waals surface area contributed by atoms with E-state index in [1.54, 1.807) is 0 Å². The van der Waals surface area contributed by atoms with Crippen molar-refractivity contribution in [3.63, 3.8) is 0 Å². The Bertz CT molecular complexity index is 2340. The highest BCUT2D eigenvalue weighted by Gasteiger charge is 2.64. The highest BCUT2D eigenvalue weighted by molar-refractivity contribution is 5.96. The molecule has 4 atom stereocenters. The van der Waals surface area contributed by atoms with Crippen LogP contribution in [0.3, 0.4) is 0 Å². The molecule has 2 aliphatic heterocycles. The quantitative estimate of drug-likeness (QED) is 0.0707. The van der Waals surface area contributed by atoms with Crippen LogP contribution in [0.4, 0.5) is 0 Å². The first-order valence-electron chi connectivity index (χ1n) is 21.4. The molecule has 0 unspecified atom stereocenters. The number of benzene rings is 7. The van der Waals surface area contributed by atoms with Gasteiger partial charge in [0.05, 0.1) is 17.7 Å². The lowest BCUT2D eigenvalue weighted by Gasteiger charge is -2.60. The summed E-state index contributed by atoms with van der Waals surface area (Å²) in [5.74, 6) is -0.591. The number of hydrogen-bond acceptors (Lipinski definition) is 6. The molecule has 7 aromatic carbocycles. The standard InChI is InChI=1S/C54H50N4O4/c1-2-38-61-51-47(55-53(41-26-12-4-13-27-41,42-28-14-5-15-29-42)43-30-16-6-17-31-43)49(59)57(51)58-50(60)48(52(58)62-39-40-24-10-3-11-25-40)56-54(44-32-18-7-19-33-44,45-34-20-8-21-35-45)46-36-22-9-23-37-46/h3-37,47-48,51-52,55-56H,2,38-39H2,1H3/t47-,48-,51+,52-/m1/s1. The number of nitrogens with zero attached hydrogens (tertiary/aromatic N) is 2. The average Bonchev–Trinajstić information content (AvgIpc) is 3.35. The van der Waals surface area contributed by atoms with Gasteiger partial charge in [0.1, 0.15) is 12.1 Å². The van der Waals surface area contributed by atoms with Gasteiger partial charge >= 0.3 is 0 Å². The molecule has 9 rings (SSSR count). The summed E-state index contributed by atoms with van der Waals surface area (Å²) in [5, 5.41) is 10.7. The molecule has 2 aliphatic rings. The molecule has 7 aromatic rings. The van der Waals surface area contributed by atoms with E-state index in [1.165, 1.54) is 10.0 Å². The minimum absolute atomic E-state index is 0.214. The van der Waals surface area contributed by atoms with Gasteiger partial charge in [0.2, 0.25) is 0 Å². The Balaban J connectivity index is 1.12. The molecule has 2 N–H and O–H groups in total. The summed E-state index contributed by atoms with van der Waals surface area (Å²) in [7, 11) is 0. The fourth-order valence-electron chi connectivity index (χ4n) is 9.05. The normalized spacial score (nSPS) is 18.9. The molecule has 2 amide bonds. The minimum atomic E-state index is -0.966. The molecular formula is C54H50N4O4. The van der Waals surface area contributed by atoms with Crippen LogP contribution in [-0.4, -0.2) is 53.0 Å². The van der Waals surface area contributed by atoms with Gasteiger partial charge in [0.15, 0.2) is 12.5 Å². The zero-order valence-electron chi connectivity index (χ0n) is 34.7. The number of β-lactam (4-membered cyclic amide) rings is 2. The second-order valence-corrected chi connectivity index (χ2v) is 15.8. The molecule has 0 saturated carbocycles. The number of hydrazine groups is 1. The molecule has 8 nitrogen and oxygen atoms in total. The zero-order valence-corrected chi connectivity index (χ0v) is 34.7. The first-order chi connectivity index (χ1) is 30.6. The van der Waals surface area contributed by atoms with Crippen molar-refractivity contribution in [1.82, 2.24) is 20.7 Å². The predicted molar refractivity (Wildman–Crippen MR) is 241 cm³/mol. The number of hydrogen-bond donors (Lipinski definition) is 2. The second-order valence-electron chi connectivity index (χ2n) is 15.8. The van der Waals surface area contributed by atoms with Gasteiger partial charge in [0.25, 0.3) is 11.8 Å². The maximum atomic E-state index is 15.1. The van der Waals surface area contributed by atoms with Gasteiger partial charge in [-0.3, -0.25) is 20.2 Å². The van der Waals surface area contributed by atoms with E-state index in [2.05, 4.69) is 83.4 Å². The minimum Gasteiger partial charge on any atom is -0.354 e. The number of carbonyl (C=O) groups excluding carboxylic acids is 2. The Labute approximate surface area is 363 Å². The van der Waals surface area contributed by atoms with Gasteiger partial charge in [-0.1, -0.05) is 219 Å². The summed E-state index contributed by atoms with van der Waals surface area (Å²) in [6.45, 7) is 2.62. The highest BCUT2D eigenvalue weighted by Crippen LogP contribution is 2.43. The van der Waals surface area contributed by atoms with Crippen molar-refractivity contribution in [3.05, 3.63) is 251 Å². The molecule has 0 spiro atoms. The molecule has 2 fully saturated rings. The van der Waals surface area contributed by atoms with Crippen molar-refractivity contribution in [2.24, 2.45) is 0 Å². The van der Waals surface area contributed by atoms with Crippen molar-refractivity contribution in [1.29, 1.82) is 0 Å². The molecule has 2 saturated heterocycles. The first-order valence-corrected chi connectivity index (χ1v) is 21.4. The summed E-state index contributed by atoms with van der Waals surface area (Å²) in [4.78, 5) is 30.2. The number of ether oxygens (including phenoxy) is 2. The molecule has 62 heavy (non-hydrogen) atoms. The van der Waals surface area contributed by atoms with E-state index in [-0.39, 0.29) is 18.4 Å². The van der Waals surface area contributed by atoms with E-state index >= 15 is 9.59 Å². The molecule has 8 heteroatoms. The summed E-state index contributed by atoms with van der Waals surface area (Å²) in [5.41, 5.74) is 4.79. The summed E-state index contributed by atoms with van der Waals surface area (Å²) in [6, 6.07) is 69.2. The monoisotopic (exact) mass is 818 g/mol. The molecule has 0 bridgehead atoms. The van der Waals surface area contributed by atoms with Gasteiger partial charge in [-0.05, 0) is 45.4 Å². The molecular weight excluding hydrogens is 769 g/mol. The van der Waals surface area contributed by atoms with E-state index < -0.39 is 35.6 Å². The topological polar surface area (TPSA) is 83.1 Å². The van der Waals surface area contributed by atoms with Crippen LogP contribution >= 0.6 is 0 Å². The van der Waals surface area contributed by atoms with E-state index in [0.717, 1.165) is 38.9 Å². The van der Waals surface area contributed by atoms with E-state index in [9.17, 15) is 0 Å². The Morgan fingerprint density at radius 1 is 0.419 bits per heavy atom. The Hall–Kier alpha value is -6.68. The molecule has 0 aromatic heterocycles. The predicted octanol–water partition coefficient (Wildman–Crippen LogP) is 8.78. The number of nitrogens with one attached hydrogen (secondary N) is 2. The smallest absolute Gasteiger partial charge is 0.265 e. The van der Waals surface area contributed by atoms with E-state index in [0.29, 0.717) is 13.0 Å². The van der Waals surface area contributed by atoms with Crippen molar-refractivity contribution in [2.75, 3.05) is 6.61 Å². The fraction of sp³-hybridized carbons (Fsp3) is 0.185. The number of rotatable bonds is 17.